The van der Waals surface area contributed by atoms with Crippen LogP contribution in [0.15, 0.2) is 36.5 Å². The molecule has 0 spiro atoms. The van der Waals surface area contributed by atoms with Gasteiger partial charge in [0.15, 0.2) is 5.69 Å². The zero-order chi connectivity index (χ0) is 21.6. The molecule has 0 amide bonds. The fourth-order valence-corrected chi connectivity index (χ4v) is 2.70. The van der Waals surface area contributed by atoms with Gasteiger partial charge < -0.3 is 0 Å². The zero-order valence-electron chi connectivity index (χ0n) is 14.3. The number of hydrogen-bond donors (Lipinski definition) is 0. The van der Waals surface area contributed by atoms with Gasteiger partial charge in [0.2, 0.25) is 5.78 Å². The summed E-state index contributed by atoms with van der Waals surface area (Å²) in [6, 6.07) is 4.53. The highest BCUT2D eigenvalue weighted by atomic mass is 35.5. The first kappa shape index (κ1) is 20.8. The number of aromatic nitrogens is 4. The molecule has 0 saturated heterocycles. The van der Waals surface area contributed by atoms with Crippen molar-refractivity contribution in [1.29, 1.82) is 0 Å². The smallest absolute Gasteiger partial charge is 0.285 e. The summed E-state index contributed by atoms with van der Waals surface area (Å²) < 4.78 is 77.2. The average Bonchev–Trinajstić information content (AvgIpc) is 3.01. The van der Waals surface area contributed by atoms with Crippen molar-refractivity contribution >= 4 is 17.4 Å². The van der Waals surface area contributed by atoms with Gasteiger partial charge in [-0.2, -0.15) is 26.3 Å². The number of carbonyl (C=O) groups is 1. The fourth-order valence-electron chi connectivity index (χ4n) is 2.45. The summed E-state index contributed by atoms with van der Waals surface area (Å²) in [6.45, 7) is 1.42. The van der Waals surface area contributed by atoms with Gasteiger partial charge >= 0.3 is 12.4 Å². The number of alkyl halides is 6. The molecular formula is C17H9ClF6N4O. The second kappa shape index (κ2) is 7.14. The van der Waals surface area contributed by atoms with E-state index in [0.717, 1.165) is 28.9 Å². The summed E-state index contributed by atoms with van der Waals surface area (Å²) in [7, 11) is 0. The van der Waals surface area contributed by atoms with Crippen molar-refractivity contribution in [2.45, 2.75) is 19.3 Å². The minimum atomic E-state index is -4.68. The fraction of sp³-hybridized carbons (Fsp3) is 0.176. The van der Waals surface area contributed by atoms with Crippen LogP contribution in [0.1, 0.15) is 33.0 Å². The Hall–Kier alpha value is -2.95. The lowest BCUT2D eigenvalue weighted by Gasteiger charge is -2.09. The van der Waals surface area contributed by atoms with Crippen LogP contribution >= 0.6 is 11.6 Å². The van der Waals surface area contributed by atoms with Crippen LogP contribution in [0.3, 0.4) is 0 Å². The molecule has 1 aromatic carbocycles. The minimum absolute atomic E-state index is 0.146. The van der Waals surface area contributed by atoms with Gasteiger partial charge in [0.05, 0.1) is 27.5 Å². The summed E-state index contributed by atoms with van der Waals surface area (Å²) in [4.78, 5) is 16.1. The molecular weight excluding hydrogens is 426 g/mol. The highest BCUT2D eigenvalue weighted by molar-refractivity contribution is 6.34. The predicted molar refractivity (Wildman–Crippen MR) is 88.8 cm³/mol. The normalized spacial score (nSPS) is 12.3. The van der Waals surface area contributed by atoms with E-state index >= 15 is 0 Å². The molecule has 0 aliphatic carbocycles. The molecule has 0 aliphatic heterocycles. The molecule has 29 heavy (non-hydrogen) atoms. The zero-order valence-corrected chi connectivity index (χ0v) is 15.1. The monoisotopic (exact) mass is 434 g/mol. The molecule has 0 atom stereocenters. The first-order valence-electron chi connectivity index (χ1n) is 7.77. The van der Waals surface area contributed by atoms with Crippen LogP contribution in [0.25, 0.3) is 5.69 Å². The molecule has 152 valence electrons. The number of nitrogens with zero attached hydrogens (tertiary/aromatic N) is 4. The molecule has 12 heteroatoms. The SMILES string of the molecule is Cc1c(C(=O)c2ncc(C(F)(F)F)cc2Cl)nnn1-c1ccc(C(F)(F)F)cc1. The van der Waals surface area contributed by atoms with E-state index in [-0.39, 0.29) is 17.1 Å². The summed E-state index contributed by atoms with van der Waals surface area (Å²) in [5.74, 6) is -0.876. The Bertz CT molecular complexity index is 1070. The number of rotatable bonds is 3. The van der Waals surface area contributed by atoms with Gasteiger partial charge in [-0.25, -0.2) is 4.68 Å². The molecule has 2 aromatic heterocycles. The standard InChI is InChI=1S/C17H9ClF6N4O/c1-8-13(15(29)14-12(18)6-10(7-25-14)17(22,23)24)26-27-28(8)11-4-2-9(3-5-11)16(19,20)21/h2-7H,1H3. The summed E-state index contributed by atoms with van der Waals surface area (Å²) in [5.41, 5.74) is -2.34. The highest BCUT2D eigenvalue weighted by Gasteiger charge is 2.33. The molecule has 2 heterocycles. The summed E-state index contributed by atoms with van der Waals surface area (Å²) in [5, 5.41) is 6.88. The Balaban J connectivity index is 1.94. The van der Waals surface area contributed by atoms with Gasteiger partial charge in [0.1, 0.15) is 5.69 Å². The van der Waals surface area contributed by atoms with Crippen LogP contribution < -0.4 is 0 Å². The molecule has 0 saturated carbocycles. The van der Waals surface area contributed by atoms with Crippen LogP contribution in [0.5, 0.6) is 0 Å². The molecule has 0 fully saturated rings. The van der Waals surface area contributed by atoms with E-state index in [0.29, 0.717) is 12.3 Å². The number of hydrogen-bond acceptors (Lipinski definition) is 4. The van der Waals surface area contributed by atoms with Gasteiger partial charge in [-0.3, -0.25) is 9.78 Å². The Labute approximate surface area is 163 Å². The number of pyridine rings is 1. The minimum Gasteiger partial charge on any atom is -0.285 e. The first-order valence-corrected chi connectivity index (χ1v) is 8.14. The molecule has 3 rings (SSSR count). The Morgan fingerprint density at radius 3 is 2.07 bits per heavy atom. The lowest BCUT2D eigenvalue weighted by Crippen LogP contribution is -2.11. The number of benzene rings is 1. The summed E-state index contributed by atoms with van der Waals surface area (Å²) >= 11 is 5.77. The topological polar surface area (TPSA) is 60.7 Å². The van der Waals surface area contributed by atoms with Crippen molar-refractivity contribution in [3.05, 3.63) is 69.8 Å². The second-order valence-electron chi connectivity index (χ2n) is 5.86. The molecule has 0 unspecified atom stereocenters. The predicted octanol–water partition coefficient (Wildman–Crippen LogP) is 4.89. The highest BCUT2D eigenvalue weighted by Crippen LogP contribution is 2.32. The van der Waals surface area contributed by atoms with Gasteiger partial charge in [-0.1, -0.05) is 16.8 Å². The number of ketones is 1. The maximum atomic E-state index is 12.7. The van der Waals surface area contributed by atoms with Crippen molar-refractivity contribution in [2.24, 2.45) is 0 Å². The third-order valence-electron chi connectivity index (χ3n) is 3.93. The Kier molecular flexibility index (Phi) is 5.11. The van der Waals surface area contributed by atoms with E-state index in [1.807, 2.05) is 0 Å². The third-order valence-corrected chi connectivity index (χ3v) is 4.22. The van der Waals surface area contributed by atoms with E-state index in [2.05, 4.69) is 15.3 Å². The first-order chi connectivity index (χ1) is 13.4. The van der Waals surface area contributed by atoms with Gasteiger partial charge in [0.25, 0.3) is 0 Å². The van der Waals surface area contributed by atoms with Crippen molar-refractivity contribution in [3.8, 4) is 5.69 Å². The lowest BCUT2D eigenvalue weighted by atomic mass is 10.1. The van der Waals surface area contributed by atoms with E-state index < -0.39 is 40.0 Å². The third kappa shape index (κ3) is 4.09. The molecule has 0 aliphatic rings. The maximum Gasteiger partial charge on any atom is 0.417 e. The molecule has 3 aromatic rings. The van der Waals surface area contributed by atoms with Crippen LogP contribution in [0.4, 0.5) is 26.3 Å². The van der Waals surface area contributed by atoms with Crippen molar-refractivity contribution in [3.63, 3.8) is 0 Å². The maximum absolute atomic E-state index is 12.7. The van der Waals surface area contributed by atoms with E-state index in [4.69, 9.17) is 11.6 Å². The number of halogens is 7. The van der Waals surface area contributed by atoms with Crippen LogP contribution in [0.2, 0.25) is 5.02 Å². The van der Waals surface area contributed by atoms with Crippen LogP contribution in [-0.2, 0) is 12.4 Å². The quantitative estimate of drug-likeness (QED) is 0.435. The second-order valence-corrected chi connectivity index (χ2v) is 6.27. The average molecular weight is 435 g/mol. The largest absolute Gasteiger partial charge is 0.417 e. The van der Waals surface area contributed by atoms with Gasteiger partial charge in [-0.15, -0.1) is 5.10 Å². The molecule has 0 bridgehead atoms. The van der Waals surface area contributed by atoms with E-state index in [1.54, 1.807) is 0 Å². The van der Waals surface area contributed by atoms with Crippen molar-refractivity contribution in [2.75, 3.05) is 0 Å². The van der Waals surface area contributed by atoms with Crippen LogP contribution in [0, 0.1) is 6.92 Å². The molecule has 5 nitrogen and oxygen atoms in total. The van der Waals surface area contributed by atoms with Crippen molar-refractivity contribution in [1.82, 2.24) is 20.0 Å². The summed E-state index contributed by atoms with van der Waals surface area (Å²) in [6.07, 6.45) is -8.73. The molecule has 0 N–H and O–H groups in total. The number of carbonyl (C=O) groups excluding carboxylic acids is 1. The Morgan fingerprint density at radius 1 is 0.966 bits per heavy atom. The molecule has 0 radical (unpaired) electrons. The van der Waals surface area contributed by atoms with Gasteiger partial charge in [-0.05, 0) is 37.3 Å². The van der Waals surface area contributed by atoms with E-state index in [1.165, 1.54) is 6.92 Å². The van der Waals surface area contributed by atoms with Crippen LogP contribution in [-0.4, -0.2) is 25.8 Å². The lowest BCUT2D eigenvalue weighted by molar-refractivity contribution is -0.138. The van der Waals surface area contributed by atoms with Crippen molar-refractivity contribution < 1.29 is 31.1 Å². The Morgan fingerprint density at radius 2 is 1.55 bits per heavy atom. The van der Waals surface area contributed by atoms with E-state index in [9.17, 15) is 31.1 Å². The van der Waals surface area contributed by atoms with Gasteiger partial charge in [0, 0.05) is 6.20 Å².